The van der Waals surface area contributed by atoms with Gasteiger partial charge in [-0.05, 0) is 39.8 Å². The fraction of sp³-hybridized carbons (Fsp3) is 0.211. The minimum Gasteiger partial charge on any atom is -0.449 e. The molecule has 222 valence electrons. The monoisotopic (exact) mass is 584 g/mol. The molecular weight excluding hydrogens is 548 g/mol. The lowest BCUT2D eigenvalue weighted by atomic mass is 9.70. The molecule has 4 aromatic rings. The molecule has 0 aliphatic heterocycles. The van der Waals surface area contributed by atoms with Gasteiger partial charge in [-0.15, -0.1) is 0 Å². The Labute approximate surface area is 258 Å². The average molecular weight is 585 g/mol. The van der Waals surface area contributed by atoms with Crippen molar-refractivity contribution in [2.24, 2.45) is 5.92 Å². The molecule has 0 saturated heterocycles. The maximum Gasteiger partial charge on any atom is 0.407 e. The molecule has 2 aliphatic carbocycles. The molecule has 6 nitrogen and oxygen atoms in total. The lowest BCUT2D eigenvalue weighted by Gasteiger charge is -2.42. The van der Waals surface area contributed by atoms with E-state index in [1.54, 1.807) is 0 Å². The van der Waals surface area contributed by atoms with Gasteiger partial charge < -0.3 is 20.5 Å². The van der Waals surface area contributed by atoms with E-state index in [9.17, 15) is 14.7 Å². The number of allylic oxidation sites excluding steroid dienone is 3. The van der Waals surface area contributed by atoms with Crippen molar-refractivity contribution in [1.82, 2.24) is 10.6 Å². The first-order chi connectivity index (χ1) is 21.6. The molecule has 0 heterocycles. The maximum atomic E-state index is 13.8. The Bertz CT molecular complexity index is 1580. The summed E-state index contributed by atoms with van der Waals surface area (Å²) in [5.41, 5.74) is 5.57. The number of benzene rings is 4. The SMILES string of the molecule is O=C(C[C@@H](CO)NC(=O)OCC1c2ccccc2-c2ccccc21)NC(c1ccccc1)(c1ccccc1)[C@@H]1C=CC=CC1. The van der Waals surface area contributed by atoms with Crippen LogP contribution >= 0.6 is 0 Å². The molecule has 2 atom stereocenters. The van der Waals surface area contributed by atoms with Gasteiger partial charge in [-0.3, -0.25) is 4.79 Å². The van der Waals surface area contributed by atoms with Crippen LogP contribution < -0.4 is 10.6 Å². The lowest BCUT2D eigenvalue weighted by molar-refractivity contribution is -0.123. The minimum atomic E-state index is -0.857. The Morgan fingerprint density at radius 3 is 1.91 bits per heavy atom. The van der Waals surface area contributed by atoms with E-state index in [2.05, 4.69) is 47.1 Å². The van der Waals surface area contributed by atoms with Crippen molar-refractivity contribution in [3.8, 4) is 11.1 Å². The first-order valence-corrected chi connectivity index (χ1v) is 15.1. The predicted molar refractivity (Wildman–Crippen MR) is 172 cm³/mol. The molecule has 0 aromatic heterocycles. The van der Waals surface area contributed by atoms with Crippen molar-refractivity contribution in [3.63, 3.8) is 0 Å². The van der Waals surface area contributed by atoms with Gasteiger partial charge in [0.1, 0.15) is 6.61 Å². The molecule has 4 aromatic carbocycles. The van der Waals surface area contributed by atoms with E-state index in [-0.39, 0.29) is 30.8 Å². The van der Waals surface area contributed by atoms with Crippen molar-refractivity contribution >= 4 is 12.0 Å². The van der Waals surface area contributed by atoms with Crippen LogP contribution in [0.2, 0.25) is 0 Å². The molecule has 2 amide bonds. The molecule has 0 saturated carbocycles. The van der Waals surface area contributed by atoms with E-state index in [1.165, 1.54) is 0 Å². The number of fused-ring (bicyclic) bond motifs is 3. The molecule has 0 bridgehead atoms. The second-order valence-corrected chi connectivity index (χ2v) is 11.3. The van der Waals surface area contributed by atoms with Gasteiger partial charge in [-0.1, -0.05) is 133 Å². The Kier molecular flexibility index (Phi) is 8.71. The molecular formula is C38H36N2O4. The van der Waals surface area contributed by atoms with Crippen LogP contribution in [0.3, 0.4) is 0 Å². The van der Waals surface area contributed by atoms with E-state index in [0.717, 1.165) is 39.8 Å². The molecule has 3 N–H and O–H groups in total. The van der Waals surface area contributed by atoms with E-state index in [0.29, 0.717) is 0 Å². The normalized spacial score (nSPS) is 16.1. The zero-order valence-electron chi connectivity index (χ0n) is 24.4. The summed E-state index contributed by atoms with van der Waals surface area (Å²) in [5.74, 6) is -0.429. The third-order valence-electron chi connectivity index (χ3n) is 8.65. The maximum absolute atomic E-state index is 13.8. The fourth-order valence-corrected chi connectivity index (χ4v) is 6.60. The largest absolute Gasteiger partial charge is 0.449 e. The predicted octanol–water partition coefficient (Wildman–Crippen LogP) is 6.47. The molecule has 44 heavy (non-hydrogen) atoms. The third kappa shape index (κ3) is 5.81. The summed E-state index contributed by atoms with van der Waals surface area (Å²) in [7, 11) is 0. The first kappa shape index (κ1) is 29.1. The highest BCUT2D eigenvalue weighted by molar-refractivity contribution is 5.80. The fourth-order valence-electron chi connectivity index (χ4n) is 6.60. The zero-order chi connectivity index (χ0) is 30.4. The van der Waals surface area contributed by atoms with E-state index < -0.39 is 24.3 Å². The van der Waals surface area contributed by atoms with Crippen molar-refractivity contribution in [2.75, 3.05) is 13.2 Å². The van der Waals surface area contributed by atoms with Gasteiger partial charge in [0.05, 0.1) is 18.2 Å². The molecule has 6 heteroatoms. The number of aliphatic hydroxyl groups excluding tert-OH is 1. The van der Waals surface area contributed by atoms with Gasteiger partial charge in [0.2, 0.25) is 5.91 Å². The van der Waals surface area contributed by atoms with E-state index >= 15 is 0 Å². The highest BCUT2D eigenvalue weighted by Crippen LogP contribution is 2.44. The highest BCUT2D eigenvalue weighted by Gasteiger charge is 2.42. The Morgan fingerprint density at radius 1 is 0.795 bits per heavy atom. The zero-order valence-corrected chi connectivity index (χ0v) is 24.4. The second-order valence-electron chi connectivity index (χ2n) is 11.3. The van der Waals surface area contributed by atoms with E-state index in [1.807, 2.05) is 97.1 Å². The quantitative estimate of drug-likeness (QED) is 0.199. The average Bonchev–Trinajstić information content (AvgIpc) is 3.40. The first-order valence-electron chi connectivity index (χ1n) is 15.1. The lowest BCUT2D eigenvalue weighted by Crippen LogP contribution is -2.53. The molecule has 0 fully saturated rings. The van der Waals surface area contributed by atoms with Crippen LogP contribution in [-0.2, 0) is 15.1 Å². The Balaban J connectivity index is 1.17. The number of ether oxygens (including phenoxy) is 1. The highest BCUT2D eigenvalue weighted by atomic mass is 16.5. The van der Waals surface area contributed by atoms with Crippen molar-refractivity contribution in [1.29, 1.82) is 0 Å². The van der Waals surface area contributed by atoms with Crippen LogP contribution in [0.4, 0.5) is 4.79 Å². The number of hydrogen-bond acceptors (Lipinski definition) is 4. The smallest absolute Gasteiger partial charge is 0.407 e. The number of carbonyl (C=O) groups excluding carboxylic acids is 2. The summed E-state index contributed by atoms with van der Waals surface area (Å²) in [5, 5.41) is 16.2. The summed E-state index contributed by atoms with van der Waals surface area (Å²) >= 11 is 0. The van der Waals surface area contributed by atoms with Gasteiger partial charge in [0, 0.05) is 18.3 Å². The number of amides is 2. The van der Waals surface area contributed by atoms with Crippen LogP contribution in [0.5, 0.6) is 0 Å². The van der Waals surface area contributed by atoms with Crippen molar-refractivity contribution < 1.29 is 19.4 Å². The number of nitrogens with one attached hydrogen (secondary N) is 2. The topological polar surface area (TPSA) is 87.7 Å². The van der Waals surface area contributed by atoms with Crippen LogP contribution in [0.1, 0.15) is 41.0 Å². The second kappa shape index (κ2) is 13.1. The Morgan fingerprint density at radius 2 is 1.36 bits per heavy atom. The van der Waals surface area contributed by atoms with Gasteiger partial charge in [0.15, 0.2) is 0 Å². The van der Waals surface area contributed by atoms with Gasteiger partial charge in [-0.25, -0.2) is 4.79 Å². The van der Waals surface area contributed by atoms with Crippen molar-refractivity contribution in [2.45, 2.75) is 30.3 Å². The number of rotatable bonds is 10. The van der Waals surface area contributed by atoms with Crippen LogP contribution in [0, 0.1) is 5.92 Å². The molecule has 0 unspecified atom stereocenters. The van der Waals surface area contributed by atoms with Crippen LogP contribution in [-0.4, -0.2) is 36.4 Å². The molecule has 0 radical (unpaired) electrons. The number of aliphatic hydroxyl groups is 1. The number of hydrogen-bond donors (Lipinski definition) is 3. The summed E-state index contributed by atoms with van der Waals surface area (Å²) < 4.78 is 5.68. The summed E-state index contributed by atoms with van der Waals surface area (Å²) in [4.78, 5) is 26.7. The number of alkyl carbamates (subject to hydrolysis) is 1. The molecule has 6 rings (SSSR count). The van der Waals surface area contributed by atoms with Crippen molar-refractivity contribution in [3.05, 3.63) is 156 Å². The van der Waals surface area contributed by atoms with Crippen LogP contribution in [0.15, 0.2) is 133 Å². The molecule has 2 aliphatic rings. The van der Waals surface area contributed by atoms with Gasteiger partial charge >= 0.3 is 6.09 Å². The molecule has 0 spiro atoms. The van der Waals surface area contributed by atoms with Gasteiger partial charge in [-0.2, -0.15) is 0 Å². The standard InChI is InChI=1S/C38H36N2O4/c41-25-30(39-37(43)44-26-35-33-22-12-10-20-31(33)32-21-11-13-23-34(32)35)24-36(42)40-38(27-14-4-1-5-15-27,28-16-6-2-7-17-28)29-18-8-3-9-19-29/h1-18,20-23,29-30,35,41H,19,24-26H2,(H,39,43)(H,40,42)/t29-,30+/m1/s1. The summed E-state index contributed by atoms with van der Waals surface area (Å²) in [6.07, 6.45) is 8.20. The summed E-state index contributed by atoms with van der Waals surface area (Å²) in [6.45, 7) is -0.260. The van der Waals surface area contributed by atoms with Crippen LogP contribution in [0.25, 0.3) is 11.1 Å². The van der Waals surface area contributed by atoms with E-state index in [4.69, 9.17) is 4.74 Å². The Hall–Kier alpha value is -4.94. The van der Waals surface area contributed by atoms with Gasteiger partial charge in [0.25, 0.3) is 0 Å². The minimum absolute atomic E-state index is 0.0519. The third-order valence-corrected chi connectivity index (χ3v) is 8.65. The number of carbonyl (C=O) groups is 2. The summed E-state index contributed by atoms with van der Waals surface area (Å²) in [6, 6.07) is 35.3.